The van der Waals surface area contributed by atoms with Crippen molar-refractivity contribution in [1.29, 1.82) is 0 Å². The van der Waals surface area contributed by atoms with E-state index in [1.54, 1.807) is 23.6 Å². The molecular weight excluding hydrogens is 326 g/mol. The van der Waals surface area contributed by atoms with Gasteiger partial charge in [-0.25, -0.2) is 12.7 Å². The lowest BCUT2D eigenvalue weighted by Crippen LogP contribution is -2.50. The molecule has 2 saturated heterocycles. The lowest BCUT2D eigenvalue weighted by Gasteiger charge is -2.41. The number of pyridine rings is 1. The molecule has 6 nitrogen and oxygen atoms in total. The zero-order chi connectivity index (χ0) is 17.0. The summed E-state index contributed by atoms with van der Waals surface area (Å²) in [5.41, 5.74) is 0. The fourth-order valence-corrected chi connectivity index (χ4v) is 4.77. The number of nitrogens with zero attached hydrogens (tertiary/aromatic N) is 3. The molecule has 7 heteroatoms. The normalized spacial score (nSPS) is 22.5. The molecule has 3 rings (SSSR count). The Morgan fingerprint density at radius 3 is 2.29 bits per heavy atom. The molecule has 0 amide bonds. The summed E-state index contributed by atoms with van der Waals surface area (Å²) in [7, 11) is -3.03. The van der Waals surface area contributed by atoms with Crippen molar-refractivity contribution in [3.8, 4) is 5.75 Å². The molecule has 134 valence electrons. The van der Waals surface area contributed by atoms with Crippen molar-refractivity contribution < 1.29 is 13.2 Å². The average molecular weight is 353 g/mol. The van der Waals surface area contributed by atoms with Gasteiger partial charge in [0, 0.05) is 44.6 Å². The standard InChI is InChI=1S/C17H27N3O3S/c1-2-24(21,22)20-13-5-15(6-14-20)19-11-7-17(8-12-19)23-16-3-9-18-10-4-16/h3-4,9-10,15,17H,2,5-8,11-14H2,1H3. The van der Waals surface area contributed by atoms with Crippen molar-refractivity contribution >= 4 is 10.0 Å². The molecule has 0 radical (unpaired) electrons. The second kappa shape index (κ2) is 7.80. The van der Waals surface area contributed by atoms with Gasteiger partial charge in [0.05, 0.1) is 5.75 Å². The number of sulfonamides is 1. The van der Waals surface area contributed by atoms with E-state index in [4.69, 9.17) is 4.74 Å². The quantitative estimate of drug-likeness (QED) is 0.807. The fourth-order valence-electron chi connectivity index (χ4n) is 3.64. The van der Waals surface area contributed by atoms with Crippen LogP contribution in [-0.2, 0) is 10.0 Å². The summed E-state index contributed by atoms with van der Waals surface area (Å²) in [5.74, 6) is 1.09. The van der Waals surface area contributed by atoms with Gasteiger partial charge in [0.1, 0.15) is 11.9 Å². The Hall–Kier alpha value is -1.18. The topological polar surface area (TPSA) is 62.7 Å². The highest BCUT2D eigenvalue weighted by molar-refractivity contribution is 7.89. The van der Waals surface area contributed by atoms with E-state index in [-0.39, 0.29) is 11.9 Å². The van der Waals surface area contributed by atoms with E-state index in [2.05, 4.69) is 9.88 Å². The van der Waals surface area contributed by atoms with Crippen molar-refractivity contribution in [3.63, 3.8) is 0 Å². The second-order valence-corrected chi connectivity index (χ2v) is 8.82. The van der Waals surface area contributed by atoms with Gasteiger partial charge in [-0.1, -0.05) is 0 Å². The number of hydrogen-bond acceptors (Lipinski definition) is 5. The fraction of sp³-hybridized carbons (Fsp3) is 0.706. The number of aromatic nitrogens is 1. The lowest BCUT2D eigenvalue weighted by molar-refractivity contribution is 0.0585. The first kappa shape index (κ1) is 17.6. The Morgan fingerprint density at radius 1 is 1.08 bits per heavy atom. The number of ether oxygens (including phenoxy) is 1. The van der Waals surface area contributed by atoms with E-state index in [1.165, 1.54) is 0 Å². The maximum Gasteiger partial charge on any atom is 0.213 e. The van der Waals surface area contributed by atoms with E-state index in [9.17, 15) is 8.42 Å². The molecule has 2 fully saturated rings. The monoisotopic (exact) mass is 353 g/mol. The predicted octanol–water partition coefficient (Wildman–Crippen LogP) is 1.74. The third-order valence-electron chi connectivity index (χ3n) is 5.13. The highest BCUT2D eigenvalue weighted by atomic mass is 32.2. The summed E-state index contributed by atoms with van der Waals surface area (Å²) in [4.78, 5) is 6.52. The Kier molecular flexibility index (Phi) is 5.73. The third kappa shape index (κ3) is 4.26. The minimum Gasteiger partial charge on any atom is -0.490 e. The molecule has 0 saturated carbocycles. The smallest absolute Gasteiger partial charge is 0.213 e. The minimum absolute atomic E-state index is 0.204. The molecular formula is C17H27N3O3S. The first-order chi connectivity index (χ1) is 11.6. The Balaban J connectivity index is 1.44. The van der Waals surface area contributed by atoms with Gasteiger partial charge in [0.2, 0.25) is 10.0 Å². The van der Waals surface area contributed by atoms with Crippen molar-refractivity contribution in [2.45, 2.75) is 44.8 Å². The van der Waals surface area contributed by atoms with Crippen molar-refractivity contribution in [2.24, 2.45) is 0 Å². The van der Waals surface area contributed by atoms with Crippen LogP contribution in [0.5, 0.6) is 5.75 Å². The molecule has 1 aromatic heterocycles. The number of hydrogen-bond donors (Lipinski definition) is 0. The van der Waals surface area contributed by atoms with Gasteiger partial charge >= 0.3 is 0 Å². The number of rotatable bonds is 5. The minimum atomic E-state index is -3.03. The van der Waals surface area contributed by atoms with Gasteiger partial charge in [0.25, 0.3) is 0 Å². The molecule has 0 unspecified atom stereocenters. The van der Waals surface area contributed by atoms with Gasteiger partial charge in [0.15, 0.2) is 0 Å². The largest absolute Gasteiger partial charge is 0.490 e. The highest BCUT2D eigenvalue weighted by Crippen LogP contribution is 2.24. The van der Waals surface area contributed by atoms with Crippen LogP contribution in [-0.4, -0.2) is 66.7 Å². The Bertz CT molecular complexity index is 607. The van der Waals surface area contributed by atoms with Gasteiger partial charge in [-0.05, 0) is 44.7 Å². The molecule has 2 aliphatic rings. The maximum atomic E-state index is 11.9. The van der Waals surface area contributed by atoms with E-state index in [0.717, 1.165) is 44.5 Å². The number of piperidine rings is 2. The zero-order valence-corrected chi connectivity index (χ0v) is 15.1. The highest BCUT2D eigenvalue weighted by Gasteiger charge is 2.31. The van der Waals surface area contributed by atoms with E-state index in [0.29, 0.717) is 19.1 Å². The molecule has 0 N–H and O–H groups in total. The van der Waals surface area contributed by atoms with Crippen LogP contribution in [0.25, 0.3) is 0 Å². The zero-order valence-electron chi connectivity index (χ0n) is 14.3. The van der Waals surface area contributed by atoms with Crippen LogP contribution in [0.3, 0.4) is 0 Å². The summed E-state index contributed by atoms with van der Waals surface area (Å²) < 4.78 is 31.6. The van der Waals surface area contributed by atoms with Crippen LogP contribution in [0, 0.1) is 0 Å². The van der Waals surface area contributed by atoms with Crippen molar-refractivity contribution in [3.05, 3.63) is 24.5 Å². The first-order valence-electron chi connectivity index (χ1n) is 8.87. The van der Waals surface area contributed by atoms with Gasteiger partial charge in [-0.15, -0.1) is 0 Å². The molecule has 0 atom stereocenters. The third-order valence-corrected chi connectivity index (χ3v) is 7.01. The number of likely N-dealkylation sites (tertiary alicyclic amines) is 1. The molecule has 1 aromatic rings. The molecule has 24 heavy (non-hydrogen) atoms. The summed E-state index contributed by atoms with van der Waals surface area (Å²) in [6, 6.07) is 4.31. The molecule has 0 aliphatic carbocycles. The van der Waals surface area contributed by atoms with Gasteiger partial charge in [-0.3, -0.25) is 4.98 Å². The second-order valence-electron chi connectivity index (χ2n) is 6.57. The first-order valence-corrected chi connectivity index (χ1v) is 10.5. The van der Waals surface area contributed by atoms with Crippen molar-refractivity contribution in [1.82, 2.24) is 14.2 Å². The lowest BCUT2D eigenvalue weighted by atomic mass is 10.00. The van der Waals surface area contributed by atoms with Crippen LogP contribution >= 0.6 is 0 Å². The summed E-state index contributed by atoms with van der Waals surface area (Å²) in [5, 5.41) is 0. The summed E-state index contributed by atoms with van der Waals surface area (Å²) >= 11 is 0. The summed E-state index contributed by atoms with van der Waals surface area (Å²) in [6.45, 7) is 5.10. The van der Waals surface area contributed by atoms with Crippen LogP contribution < -0.4 is 4.74 Å². The van der Waals surface area contributed by atoms with Crippen molar-refractivity contribution in [2.75, 3.05) is 31.9 Å². The predicted molar refractivity (Wildman–Crippen MR) is 93.5 cm³/mol. The van der Waals surface area contributed by atoms with Crippen LogP contribution in [0.1, 0.15) is 32.6 Å². The van der Waals surface area contributed by atoms with E-state index >= 15 is 0 Å². The molecule has 3 heterocycles. The van der Waals surface area contributed by atoms with E-state index in [1.807, 2.05) is 12.1 Å². The SMILES string of the molecule is CCS(=O)(=O)N1CCC(N2CCC(Oc3ccncc3)CC2)CC1. The summed E-state index contributed by atoms with van der Waals surface area (Å²) in [6.07, 6.45) is 7.70. The Morgan fingerprint density at radius 2 is 1.71 bits per heavy atom. The molecule has 2 aliphatic heterocycles. The molecule has 0 bridgehead atoms. The average Bonchev–Trinajstić information content (AvgIpc) is 2.63. The van der Waals surface area contributed by atoms with Gasteiger partial charge in [-0.2, -0.15) is 0 Å². The Labute approximate surface area is 144 Å². The maximum absolute atomic E-state index is 11.9. The van der Waals surface area contributed by atoms with Crippen LogP contribution in [0.15, 0.2) is 24.5 Å². The van der Waals surface area contributed by atoms with E-state index < -0.39 is 10.0 Å². The van der Waals surface area contributed by atoms with Gasteiger partial charge < -0.3 is 9.64 Å². The van der Waals surface area contributed by atoms with Crippen LogP contribution in [0.2, 0.25) is 0 Å². The van der Waals surface area contributed by atoms with Crippen LogP contribution in [0.4, 0.5) is 0 Å². The molecule has 0 spiro atoms. The molecule has 0 aromatic carbocycles.